The second-order valence-corrected chi connectivity index (χ2v) is 3.26. The van der Waals surface area contributed by atoms with Gasteiger partial charge in [0.1, 0.15) is 17.5 Å². The molecule has 2 N–H and O–H groups in total. The molecule has 0 atom stereocenters. The van der Waals surface area contributed by atoms with E-state index >= 15 is 0 Å². The van der Waals surface area contributed by atoms with Crippen molar-refractivity contribution in [1.82, 2.24) is 9.97 Å². The van der Waals surface area contributed by atoms with Crippen molar-refractivity contribution >= 4 is 11.6 Å². The summed E-state index contributed by atoms with van der Waals surface area (Å²) in [7, 11) is 0. The van der Waals surface area contributed by atoms with Gasteiger partial charge in [-0.1, -0.05) is 6.92 Å². The Kier molecular flexibility index (Phi) is 2.04. The van der Waals surface area contributed by atoms with Gasteiger partial charge in [-0.3, -0.25) is 0 Å². The van der Waals surface area contributed by atoms with Crippen LogP contribution >= 0.6 is 0 Å². The number of aryl methyl sites for hydroxylation is 1. The third kappa shape index (κ3) is 1.56. The molecule has 0 unspecified atom stereocenters. The average Bonchev–Trinajstić information content (AvgIpc) is 2.00. The van der Waals surface area contributed by atoms with Crippen molar-refractivity contribution in [2.75, 3.05) is 23.7 Å². The van der Waals surface area contributed by atoms with E-state index in [0.717, 1.165) is 31.2 Å². The van der Waals surface area contributed by atoms with Crippen LogP contribution in [0, 0.1) is 0 Å². The van der Waals surface area contributed by atoms with E-state index in [1.54, 1.807) is 0 Å². The van der Waals surface area contributed by atoms with Gasteiger partial charge in [0.05, 0.1) is 0 Å². The van der Waals surface area contributed by atoms with Crippen LogP contribution in [0.1, 0.15) is 19.2 Å². The zero-order valence-electron chi connectivity index (χ0n) is 7.82. The fourth-order valence-corrected chi connectivity index (χ4v) is 1.37. The normalized spacial score (nSPS) is 15.6. The number of hydrogen-bond donors (Lipinski definition) is 1. The van der Waals surface area contributed by atoms with Crippen molar-refractivity contribution in [1.29, 1.82) is 0 Å². The molecule has 0 bridgehead atoms. The third-order valence-corrected chi connectivity index (χ3v) is 2.28. The van der Waals surface area contributed by atoms with Gasteiger partial charge in [0, 0.05) is 25.6 Å². The molecule has 70 valence electrons. The molecule has 13 heavy (non-hydrogen) atoms. The zero-order chi connectivity index (χ0) is 9.26. The molecule has 1 aromatic heterocycles. The van der Waals surface area contributed by atoms with Gasteiger partial charge in [0.2, 0.25) is 0 Å². The highest BCUT2D eigenvalue weighted by molar-refractivity contribution is 5.48. The van der Waals surface area contributed by atoms with Crippen LogP contribution in [0.2, 0.25) is 0 Å². The standard InChI is InChI=1S/C9H14N4/c1-2-8-11-7(10)6-9(12-8)13-4-3-5-13/h6H,2-5H2,1H3,(H2,10,11,12). The van der Waals surface area contributed by atoms with Crippen LogP contribution in [0.5, 0.6) is 0 Å². The Morgan fingerprint density at radius 1 is 1.46 bits per heavy atom. The zero-order valence-corrected chi connectivity index (χ0v) is 7.82. The Hall–Kier alpha value is -1.32. The first kappa shape index (κ1) is 8.29. The molecule has 4 nitrogen and oxygen atoms in total. The van der Waals surface area contributed by atoms with Crippen molar-refractivity contribution in [3.63, 3.8) is 0 Å². The molecule has 1 aliphatic heterocycles. The van der Waals surface area contributed by atoms with E-state index in [9.17, 15) is 0 Å². The Bertz CT molecular complexity index is 306. The largest absolute Gasteiger partial charge is 0.384 e. The summed E-state index contributed by atoms with van der Waals surface area (Å²) < 4.78 is 0. The minimum absolute atomic E-state index is 0.578. The van der Waals surface area contributed by atoms with Gasteiger partial charge in [-0.05, 0) is 6.42 Å². The lowest BCUT2D eigenvalue weighted by atomic mass is 10.2. The van der Waals surface area contributed by atoms with Crippen molar-refractivity contribution in [3.05, 3.63) is 11.9 Å². The summed E-state index contributed by atoms with van der Waals surface area (Å²) in [5, 5.41) is 0. The lowest BCUT2D eigenvalue weighted by Crippen LogP contribution is -2.37. The average molecular weight is 178 g/mol. The van der Waals surface area contributed by atoms with Gasteiger partial charge in [0.15, 0.2) is 0 Å². The minimum Gasteiger partial charge on any atom is -0.384 e. The van der Waals surface area contributed by atoms with E-state index in [-0.39, 0.29) is 0 Å². The second-order valence-electron chi connectivity index (χ2n) is 3.26. The van der Waals surface area contributed by atoms with Crippen molar-refractivity contribution in [2.45, 2.75) is 19.8 Å². The SMILES string of the molecule is CCc1nc(N)cc(N2CCC2)n1. The fourth-order valence-electron chi connectivity index (χ4n) is 1.37. The van der Waals surface area contributed by atoms with E-state index < -0.39 is 0 Å². The van der Waals surface area contributed by atoms with Crippen LogP contribution in [0.3, 0.4) is 0 Å². The number of aromatic nitrogens is 2. The van der Waals surface area contributed by atoms with E-state index in [4.69, 9.17) is 5.73 Å². The smallest absolute Gasteiger partial charge is 0.134 e. The number of anilines is 2. The molecular formula is C9H14N4. The summed E-state index contributed by atoms with van der Waals surface area (Å²) in [6.45, 7) is 4.23. The molecule has 1 aliphatic rings. The van der Waals surface area contributed by atoms with Crippen LogP contribution in [0.4, 0.5) is 11.6 Å². The molecule has 1 aromatic rings. The number of rotatable bonds is 2. The quantitative estimate of drug-likeness (QED) is 0.728. The Morgan fingerprint density at radius 3 is 2.77 bits per heavy atom. The van der Waals surface area contributed by atoms with E-state index in [2.05, 4.69) is 14.9 Å². The maximum absolute atomic E-state index is 5.67. The molecule has 0 aromatic carbocycles. The maximum atomic E-state index is 5.67. The molecule has 2 rings (SSSR count). The molecule has 0 saturated carbocycles. The monoisotopic (exact) mass is 178 g/mol. The van der Waals surface area contributed by atoms with Crippen LogP contribution in [0.15, 0.2) is 6.07 Å². The number of nitrogen functional groups attached to an aromatic ring is 1. The first-order valence-electron chi connectivity index (χ1n) is 4.68. The molecule has 2 heterocycles. The molecular weight excluding hydrogens is 164 g/mol. The number of nitrogens with two attached hydrogens (primary N) is 1. The van der Waals surface area contributed by atoms with Gasteiger partial charge in [-0.2, -0.15) is 0 Å². The Labute approximate surface area is 77.8 Å². The molecule has 1 fully saturated rings. The summed E-state index contributed by atoms with van der Waals surface area (Å²) in [5.41, 5.74) is 5.67. The molecule has 0 aliphatic carbocycles. The van der Waals surface area contributed by atoms with E-state index in [0.29, 0.717) is 5.82 Å². The molecule has 0 radical (unpaired) electrons. The Morgan fingerprint density at radius 2 is 2.23 bits per heavy atom. The van der Waals surface area contributed by atoms with Gasteiger partial charge in [-0.15, -0.1) is 0 Å². The minimum atomic E-state index is 0.578. The summed E-state index contributed by atoms with van der Waals surface area (Å²) >= 11 is 0. The van der Waals surface area contributed by atoms with Crippen LogP contribution < -0.4 is 10.6 Å². The first-order chi connectivity index (χ1) is 6.29. The van der Waals surface area contributed by atoms with E-state index in [1.807, 2.05) is 13.0 Å². The fraction of sp³-hybridized carbons (Fsp3) is 0.556. The first-order valence-corrected chi connectivity index (χ1v) is 4.68. The molecule has 4 heteroatoms. The molecule has 0 amide bonds. The van der Waals surface area contributed by atoms with Gasteiger partial charge in [0.25, 0.3) is 0 Å². The van der Waals surface area contributed by atoms with Crippen molar-refractivity contribution in [2.24, 2.45) is 0 Å². The summed E-state index contributed by atoms with van der Waals surface area (Å²) in [4.78, 5) is 10.8. The predicted molar refractivity (Wildman–Crippen MR) is 52.7 cm³/mol. The van der Waals surface area contributed by atoms with Gasteiger partial charge in [-0.25, -0.2) is 9.97 Å². The number of nitrogens with zero attached hydrogens (tertiary/aromatic N) is 3. The molecule has 1 saturated heterocycles. The predicted octanol–water partition coefficient (Wildman–Crippen LogP) is 0.831. The topological polar surface area (TPSA) is 55.0 Å². The Balaban J connectivity index is 2.28. The maximum Gasteiger partial charge on any atom is 0.134 e. The third-order valence-electron chi connectivity index (χ3n) is 2.28. The van der Waals surface area contributed by atoms with Crippen molar-refractivity contribution in [3.8, 4) is 0 Å². The highest BCUT2D eigenvalue weighted by Gasteiger charge is 2.16. The van der Waals surface area contributed by atoms with E-state index in [1.165, 1.54) is 6.42 Å². The number of hydrogen-bond acceptors (Lipinski definition) is 4. The summed E-state index contributed by atoms with van der Waals surface area (Å²) in [6, 6.07) is 1.85. The summed E-state index contributed by atoms with van der Waals surface area (Å²) in [6.07, 6.45) is 2.09. The van der Waals surface area contributed by atoms with Gasteiger partial charge >= 0.3 is 0 Å². The summed E-state index contributed by atoms with van der Waals surface area (Å²) in [5.74, 6) is 2.39. The van der Waals surface area contributed by atoms with Crippen molar-refractivity contribution < 1.29 is 0 Å². The second kappa shape index (κ2) is 3.20. The van der Waals surface area contributed by atoms with Crippen LogP contribution in [0.25, 0.3) is 0 Å². The van der Waals surface area contributed by atoms with Crippen LogP contribution in [-0.4, -0.2) is 23.1 Å². The van der Waals surface area contributed by atoms with Crippen LogP contribution in [-0.2, 0) is 6.42 Å². The lowest BCUT2D eigenvalue weighted by molar-refractivity contribution is 0.607. The molecule has 0 spiro atoms. The van der Waals surface area contributed by atoms with Gasteiger partial charge < -0.3 is 10.6 Å². The lowest BCUT2D eigenvalue weighted by Gasteiger charge is -2.32. The highest BCUT2D eigenvalue weighted by atomic mass is 15.2. The highest BCUT2D eigenvalue weighted by Crippen LogP contribution is 2.19.